The summed E-state index contributed by atoms with van der Waals surface area (Å²) in [5, 5.41) is 3.99. The number of hydrogen-bond donors (Lipinski definition) is 0. The fourth-order valence-corrected chi connectivity index (χ4v) is 3.40. The Bertz CT molecular complexity index is 622. The second-order valence-electron chi connectivity index (χ2n) is 7.15. The third-order valence-corrected chi connectivity index (χ3v) is 4.98. The second kappa shape index (κ2) is 9.16. The van der Waals surface area contributed by atoms with Gasteiger partial charge in [-0.05, 0) is 27.2 Å². The first-order valence-corrected chi connectivity index (χ1v) is 9.64. The highest BCUT2D eigenvalue weighted by atomic mass is 16.5. The Kier molecular flexibility index (Phi) is 7.20. The molecule has 1 aliphatic heterocycles. The van der Waals surface area contributed by atoms with Crippen molar-refractivity contribution in [3.8, 4) is 0 Å². The van der Waals surface area contributed by atoms with E-state index in [0.717, 1.165) is 26.1 Å². The van der Waals surface area contributed by atoms with Gasteiger partial charge in [0.2, 0.25) is 5.91 Å². The molecule has 7 nitrogen and oxygen atoms in total. The molecule has 0 aromatic carbocycles. The van der Waals surface area contributed by atoms with Crippen molar-refractivity contribution in [2.24, 2.45) is 0 Å². The van der Waals surface area contributed by atoms with Gasteiger partial charge in [0.15, 0.2) is 5.76 Å². The quantitative estimate of drug-likeness (QED) is 0.773. The number of amides is 2. The van der Waals surface area contributed by atoms with Gasteiger partial charge in [-0.2, -0.15) is 0 Å². The van der Waals surface area contributed by atoms with E-state index in [1.165, 1.54) is 0 Å². The van der Waals surface area contributed by atoms with Crippen molar-refractivity contribution in [1.82, 2.24) is 19.9 Å². The molecule has 0 spiro atoms. The van der Waals surface area contributed by atoms with Crippen LogP contribution in [-0.2, 0) is 4.79 Å². The van der Waals surface area contributed by atoms with Crippen LogP contribution in [0.4, 0.5) is 0 Å². The molecule has 146 valence electrons. The number of carbonyl (C=O) groups excluding carboxylic acids is 2. The van der Waals surface area contributed by atoms with Crippen LogP contribution in [0.1, 0.15) is 61.8 Å². The standard InChI is InChI=1S/C19H32N4O3/c1-6-22(7-2)16(24)13-21-9-8-10-23(12-11-21)19(25)17-15(5)20-26-18(17)14(3)4/h14H,6-13H2,1-5H3. The Labute approximate surface area is 156 Å². The molecule has 1 aliphatic rings. The highest BCUT2D eigenvalue weighted by molar-refractivity contribution is 5.96. The van der Waals surface area contributed by atoms with Crippen molar-refractivity contribution >= 4 is 11.8 Å². The number of nitrogens with zero attached hydrogens (tertiary/aromatic N) is 4. The van der Waals surface area contributed by atoms with E-state index < -0.39 is 0 Å². The van der Waals surface area contributed by atoms with Crippen LogP contribution in [0.25, 0.3) is 0 Å². The van der Waals surface area contributed by atoms with E-state index in [1.54, 1.807) is 0 Å². The van der Waals surface area contributed by atoms with Crippen LogP contribution in [0.5, 0.6) is 0 Å². The Morgan fingerprint density at radius 2 is 1.85 bits per heavy atom. The van der Waals surface area contributed by atoms with E-state index in [-0.39, 0.29) is 17.7 Å². The first kappa shape index (κ1) is 20.4. The van der Waals surface area contributed by atoms with Crippen LogP contribution >= 0.6 is 0 Å². The molecule has 7 heteroatoms. The number of aromatic nitrogens is 1. The van der Waals surface area contributed by atoms with Gasteiger partial charge in [0.05, 0.1) is 12.2 Å². The maximum Gasteiger partial charge on any atom is 0.259 e. The van der Waals surface area contributed by atoms with Crippen molar-refractivity contribution in [3.05, 3.63) is 17.0 Å². The zero-order valence-corrected chi connectivity index (χ0v) is 16.7. The molecule has 1 fully saturated rings. The van der Waals surface area contributed by atoms with E-state index in [1.807, 2.05) is 44.4 Å². The number of aryl methyl sites for hydroxylation is 1. The lowest BCUT2D eigenvalue weighted by molar-refractivity contribution is -0.132. The van der Waals surface area contributed by atoms with Gasteiger partial charge in [-0.15, -0.1) is 0 Å². The van der Waals surface area contributed by atoms with Gasteiger partial charge in [0.1, 0.15) is 5.56 Å². The van der Waals surface area contributed by atoms with Gasteiger partial charge in [0, 0.05) is 45.2 Å². The molecular weight excluding hydrogens is 332 g/mol. The molecule has 2 heterocycles. The molecule has 1 saturated heterocycles. The summed E-state index contributed by atoms with van der Waals surface area (Å²) in [6.07, 6.45) is 0.860. The molecule has 1 aromatic rings. The molecular formula is C19H32N4O3. The summed E-state index contributed by atoms with van der Waals surface area (Å²) in [6.45, 7) is 14.6. The molecule has 0 saturated carbocycles. The molecule has 0 atom stereocenters. The van der Waals surface area contributed by atoms with Crippen molar-refractivity contribution in [1.29, 1.82) is 0 Å². The number of hydrogen-bond acceptors (Lipinski definition) is 5. The zero-order chi connectivity index (χ0) is 19.3. The predicted molar refractivity (Wildman–Crippen MR) is 100 cm³/mol. The van der Waals surface area contributed by atoms with Crippen LogP contribution < -0.4 is 0 Å². The summed E-state index contributed by atoms with van der Waals surface area (Å²) in [5.74, 6) is 0.923. The van der Waals surface area contributed by atoms with Gasteiger partial charge >= 0.3 is 0 Å². The van der Waals surface area contributed by atoms with E-state index >= 15 is 0 Å². The van der Waals surface area contributed by atoms with Gasteiger partial charge in [-0.25, -0.2) is 0 Å². The Morgan fingerprint density at radius 1 is 1.15 bits per heavy atom. The summed E-state index contributed by atoms with van der Waals surface area (Å²) in [4.78, 5) is 31.2. The highest BCUT2D eigenvalue weighted by Gasteiger charge is 2.28. The van der Waals surface area contributed by atoms with Gasteiger partial charge in [0.25, 0.3) is 5.91 Å². The summed E-state index contributed by atoms with van der Waals surface area (Å²) >= 11 is 0. The summed E-state index contributed by atoms with van der Waals surface area (Å²) in [5.41, 5.74) is 1.25. The Morgan fingerprint density at radius 3 is 2.46 bits per heavy atom. The first-order chi connectivity index (χ1) is 12.4. The number of carbonyl (C=O) groups is 2. The summed E-state index contributed by atoms with van der Waals surface area (Å²) < 4.78 is 5.37. The lowest BCUT2D eigenvalue weighted by Gasteiger charge is -2.25. The SMILES string of the molecule is CCN(CC)C(=O)CN1CCCN(C(=O)c2c(C)noc2C(C)C)CC1. The molecule has 0 aliphatic carbocycles. The van der Waals surface area contributed by atoms with Crippen molar-refractivity contribution in [2.45, 2.75) is 47.0 Å². The highest BCUT2D eigenvalue weighted by Crippen LogP contribution is 2.24. The number of rotatable bonds is 6. The average Bonchev–Trinajstić information content (AvgIpc) is 2.84. The Balaban J connectivity index is 2.01. The smallest absolute Gasteiger partial charge is 0.259 e. The van der Waals surface area contributed by atoms with E-state index in [2.05, 4.69) is 10.1 Å². The van der Waals surface area contributed by atoms with E-state index in [4.69, 9.17) is 4.52 Å². The van der Waals surface area contributed by atoms with Crippen molar-refractivity contribution in [3.63, 3.8) is 0 Å². The maximum atomic E-state index is 13.0. The lowest BCUT2D eigenvalue weighted by atomic mass is 10.0. The van der Waals surface area contributed by atoms with E-state index in [9.17, 15) is 9.59 Å². The largest absolute Gasteiger partial charge is 0.360 e. The van der Waals surface area contributed by atoms with Crippen molar-refractivity contribution in [2.75, 3.05) is 45.8 Å². The van der Waals surface area contributed by atoms with E-state index in [0.29, 0.717) is 43.2 Å². The van der Waals surface area contributed by atoms with Gasteiger partial charge in [-0.3, -0.25) is 14.5 Å². The zero-order valence-electron chi connectivity index (χ0n) is 16.7. The average molecular weight is 364 g/mol. The molecule has 26 heavy (non-hydrogen) atoms. The minimum atomic E-state index is -0.00984. The third kappa shape index (κ3) is 4.63. The minimum absolute atomic E-state index is 0.00984. The predicted octanol–water partition coefficient (Wildman–Crippen LogP) is 2.12. The maximum absolute atomic E-state index is 13.0. The molecule has 0 radical (unpaired) electrons. The summed E-state index contributed by atoms with van der Waals surface area (Å²) in [6, 6.07) is 0. The monoisotopic (exact) mass is 364 g/mol. The topological polar surface area (TPSA) is 69.9 Å². The van der Waals surface area contributed by atoms with Crippen LogP contribution in [0, 0.1) is 6.92 Å². The van der Waals surface area contributed by atoms with Gasteiger partial charge in [-0.1, -0.05) is 19.0 Å². The Hall–Kier alpha value is -1.89. The minimum Gasteiger partial charge on any atom is -0.360 e. The van der Waals surface area contributed by atoms with Crippen LogP contribution in [-0.4, -0.2) is 77.5 Å². The molecule has 2 amide bonds. The normalized spacial score (nSPS) is 16.0. The van der Waals surface area contributed by atoms with Gasteiger partial charge < -0.3 is 14.3 Å². The number of likely N-dealkylation sites (N-methyl/N-ethyl adjacent to an activating group) is 1. The van der Waals surface area contributed by atoms with Crippen LogP contribution in [0.2, 0.25) is 0 Å². The molecule has 2 rings (SSSR count). The second-order valence-corrected chi connectivity index (χ2v) is 7.15. The lowest BCUT2D eigenvalue weighted by Crippen LogP contribution is -2.42. The van der Waals surface area contributed by atoms with Crippen LogP contribution in [0.3, 0.4) is 0 Å². The van der Waals surface area contributed by atoms with Crippen molar-refractivity contribution < 1.29 is 14.1 Å². The molecule has 0 bridgehead atoms. The fraction of sp³-hybridized carbons (Fsp3) is 0.737. The summed E-state index contributed by atoms with van der Waals surface area (Å²) in [7, 11) is 0. The molecule has 1 aromatic heterocycles. The molecule has 0 N–H and O–H groups in total. The van der Waals surface area contributed by atoms with Crippen LogP contribution in [0.15, 0.2) is 4.52 Å². The fourth-order valence-electron chi connectivity index (χ4n) is 3.40. The first-order valence-electron chi connectivity index (χ1n) is 9.64. The third-order valence-electron chi connectivity index (χ3n) is 4.98. The molecule has 0 unspecified atom stereocenters.